The van der Waals surface area contributed by atoms with Crippen molar-refractivity contribution in [3.05, 3.63) is 69.7 Å². The number of nitrogens with one attached hydrogen (secondary N) is 1. The summed E-state index contributed by atoms with van der Waals surface area (Å²) in [5, 5.41) is 6.56. The number of sulfonamides is 1. The molecule has 0 atom stereocenters. The number of carbonyl (C=O) groups excluding carboxylic acids is 1. The minimum Gasteiger partial charge on any atom is -0.289 e. The van der Waals surface area contributed by atoms with E-state index >= 15 is 0 Å². The Morgan fingerprint density at radius 3 is 2.59 bits per heavy atom. The highest BCUT2D eigenvalue weighted by Gasteiger charge is 2.30. The van der Waals surface area contributed by atoms with Gasteiger partial charge in [-0.3, -0.25) is 10.1 Å². The molecule has 3 aromatic rings. The lowest BCUT2D eigenvalue weighted by Crippen LogP contribution is -2.28. The van der Waals surface area contributed by atoms with Gasteiger partial charge in [0.05, 0.1) is 22.2 Å². The van der Waals surface area contributed by atoms with Gasteiger partial charge in [-0.25, -0.2) is 22.5 Å². The molecule has 4 rings (SSSR count). The third-order valence-corrected chi connectivity index (χ3v) is 7.62. The van der Waals surface area contributed by atoms with Gasteiger partial charge in [0.15, 0.2) is 0 Å². The molecule has 0 spiro atoms. The van der Waals surface area contributed by atoms with Gasteiger partial charge in [-0.15, -0.1) is 5.10 Å². The predicted molar refractivity (Wildman–Crippen MR) is 118 cm³/mol. The van der Waals surface area contributed by atoms with E-state index < -0.39 is 15.9 Å². The van der Waals surface area contributed by atoms with Crippen molar-refractivity contribution in [3.8, 4) is 0 Å². The first-order valence-corrected chi connectivity index (χ1v) is 11.9. The van der Waals surface area contributed by atoms with Crippen LogP contribution in [0.3, 0.4) is 0 Å². The van der Waals surface area contributed by atoms with Crippen molar-refractivity contribution in [1.29, 1.82) is 0 Å². The third-order valence-electron chi connectivity index (χ3n) is 4.94. The van der Waals surface area contributed by atoms with E-state index in [0.29, 0.717) is 18.7 Å². The maximum atomic E-state index is 13.3. The van der Waals surface area contributed by atoms with E-state index in [1.807, 2.05) is 0 Å². The molecule has 0 saturated carbocycles. The topological polar surface area (TPSA) is 97.2 Å². The molecule has 1 amide bonds. The number of halogens is 3. The minimum absolute atomic E-state index is 0.00735. The molecule has 1 fully saturated rings. The van der Waals surface area contributed by atoms with Crippen molar-refractivity contribution < 1.29 is 17.6 Å². The fraction of sp³-hybridized carbons (Fsp3) is 0.250. The molecular weight excluding hydrogens is 480 g/mol. The van der Waals surface area contributed by atoms with E-state index in [1.54, 1.807) is 12.1 Å². The number of benzene rings is 2. The lowest BCUT2D eigenvalue weighted by Gasteiger charge is -2.17. The average molecular weight is 498 g/mol. The highest BCUT2D eigenvalue weighted by molar-refractivity contribution is 7.89. The van der Waals surface area contributed by atoms with Crippen LogP contribution in [0.4, 0.5) is 10.3 Å². The van der Waals surface area contributed by atoms with Crippen molar-refractivity contribution in [1.82, 2.24) is 19.1 Å². The van der Waals surface area contributed by atoms with Crippen LogP contribution in [0, 0.1) is 5.82 Å². The Hall–Kier alpha value is -2.53. The Kier molecular flexibility index (Phi) is 6.47. The smallest absolute Gasteiger partial charge is 0.259 e. The minimum atomic E-state index is -3.85. The Morgan fingerprint density at radius 2 is 1.88 bits per heavy atom. The lowest BCUT2D eigenvalue weighted by molar-refractivity contribution is 0.102. The zero-order valence-electron chi connectivity index (χ0n) is 16.6. The summed E-state index contributed by atoms with van der Waals surface area (Å²) in [5.74, 6) is -1.07. The molecule has 0 bridgehead atoms. The summed E-state index contributed by atoms with van der Waals surface area (Å²) in [4.78, 5) is 16.6. The van der Waals surface area contributed by atoms with Crippen molar-refractivity contribution in [2.75, 3.05) is 18.4 Å². The van der Waals surface area contributed by atoms with E-state index in [4.69, 9.17) is 23.2 Å². The molecule has 1 saturated heterocycles. The van der Waals surface area contributed by atoms with Crippen molar-refractivity contribution in [2.24, 2.45) is 0 Å². The predicted octanol–water partition coefficient (Wildman–Crippen LogP) is 3.81. The second-order valence-electron chi connectivity index (χ2n) is 7.22. The molecule has 1 aliphatic heterocycles. The Bertz CT molecular complexity index is 1280. The zero-order valence-corrected chi connectivity index (χ0v) is 19.0. The van der Waals surface area contributed by atoms with Crippen LogP contribution in [-0.2, 0) is 16.6 Å². The van der Waals surface area contributed by atoms with Crippen LogP contribution in [0.5, 0.6) is 0 Å². The molecule has 168 valence electrons. The first-order chi connectivity index (χ1) is 15.2. The molecule has 1 aliphatic rings. The van der Waals surface area contributed by atoms with Gasteiger partial charge in [0.2, 0.25) is 16.0 Å². The standard InChI is InChI=1S/C20H18Cl2FN5O3S/c21-16-10-17(22)18(32(30,31)28-6-1-2-7-28)9-15(16)19(29)25-20-24-12-27(26-20)11-13-4-3-5-14(23)8-13/h3-5,8-10,12H,1-2,6-7,11H2,(H,25,26,29). The van der Waals surface area contributed by atoms with Crippen molar-refractivity contribution >= 4 is 45.1 Å². The molecule has 0 unspecified atom stereocenters. The fourth-order valence-corrected chi connectivity index (χ4v) is 5.74. The average Bonchev–Trinajstić information content (AvgIpc) is 3.40. The van der Waals surface area contributed by atoms with Crippen molar-refractivity contribution in [2.45, 2.75) is 24.3 Å². The largest absolute Gasteiger partial charge is 0.289 e. The lowest BCUT2D eigenvalue weighted by atomic mass is 10.2. The Balaban J connectivity index is 1.54. The molecule has 1 N–H and O–H groups in total. The quantitative estimate of drug-likeness (QED) is 0.558. The third kappa shape index (κ3) is 4.78. The van der Waals surface area contributed by atoms with E-state index in [2.05, 4.69) is 15.4 Å². The maximum absolute atomic E-state index is 13.3. The van der Waals surface area contributed by atoms with Crippen LogP contribution < -0.4 is 5.32 Å². The number of amides is 1. The molecule has 2 heterocycles. The van der Waals surface area contributed by atoms with Crippen LogP contribution in [-0.4, -0.2) is 46.5 Å². The molecule has 0 aliphatic carbocycles. The van der Waals surface area contributed by atoms with Crippen LogP contribution in [0.2, 0.25) is 10.0 Å². The number of aromatic nitrogens is 3. The van der Waals surface area contributed by atoms with E-state index in [-0.39, 0.29) is 38.8 Å². The van der Waals surface area contributed by atoms with Crippen LogP contribution in [0.25, 0.3) is 0 Å². The summed E-state index contributed by atoms with van der Waals surface area (Å²) in [6.07, 6.45) is 2.91. The number of rotatable bonds is 6. The molecule has 0 radical (unpaired) electrons. The van der Waals surface area contributed by atoms with Gasteiger partial charge in [-0.05, 0) is 42.7 Å². The summed E-state index contributed by atoms with van der Waals surface area (Å²) >= 11 is 12.3. The highest BCUT2D eigenvalue weighted by Crippen LogP contribution is 2.32. The normalized spacial score (nSPS) is 14.6. The van der Waals surface area contributed by atoms with Gasteiger partial charge in [-0.2, -0.15) is 4.31 Å². The van der Waals surface area contributed by atoms with Gasteiger partial charge in [0.25, 0.3) is 5.91 Å². The number of nitrogens with zero attached hydrogens (tertiary/aromatic N) is 4. The second kappa shape index (κ2) is 9.14. The molecular formula is C20H18Cl2FN5O3S. The molecule has 8 nitrogen and oxygen atoms in total. The number of hydrogen-bond donors (Lipinski definition) is 1. The van der Waals surface area contributed by atoms with Gasteiger partial charge in [0.1, 0.15) is 17.0 Å². The van der Waals surface area contributed by atoms with Crippen LogP contribution in [0.15, 0.2) is 47.6 Å². The maximum Gasteiger partial charge on any atom is 0.259 e. The van der Waals surface area contributed by atoms with Gasteiger partial charge in [0, 0.05) is 13.1 Å². The van der Waals surface area contributed by atoms with Crippen molar-refractivity contribution in [3.63, 3.8) is 0 Å². The summed E-state index contributed by atoms with van der Waals surface area (Å²) in [6, 6.07) is 8.42. The fourth-order valence-electron chi connectivity index (χ4n) is 3.39. The first-order valence-electron chi connectivity index (χ1n) is 9.68. The van der Waals surface area contributed by atoms with Gasteiger partial charge in [-0.1, -0.05) is 35.3 Å². The molecule has 2 aromatic carbocycles. The number of carbonyl (C=O) groups is 1. The monoisotopic (exact) mass is 497 g/mol. The summed E-state index contributed by atoms with van der Waals surface area (Å²) in [7, 11) is -3.85. The second-order valence-corrected chi connectivity index (χ2v) is 9.94. The van der Waals surface area contributed by atoms with E-state index in [0.717, 1.165) is 18.9 Å². The SMILES string of the molecule is O=C(Nc1ncn(Cc2cccc(F)c2)n1)c1cc(S(=O)(=O)N2CCCC2)c(Cl)cc1Cl. The first kappa shape index (κ1) is 22.7. The van der Waals surface area contributed by atoms with Gasteiger partial charge < -0.3 is 0 Å². The summed E-state index contributed by atoms with van der Waals surface area (Å²) < 4.78 is 41.9. The molecule has 32 heavy (non-hydrogen) atoms. The van der Waals surface area contributed by atoms with E-state index in [9.17, 15) is 17.6 Å². The molecule has 1 aromatic heterocycles. The number of hydrogen-bond acceptors (Lipinski definition) is 5. The Labute approximate surface area is 194 Å². The van der Waals surface area contributed by atoms with Crippen LogP contribution >= 0.6 is 23.2 Å². The zero-order chi connectivity index (χ0) is 22.9. The molecule has 12 heteroatoms. The van der Waals surface area contributed by atoms with Crippen LogP contribution in [0.1, 0.15) is 28.8 Å². The van der Waals surface area contributed by atoms with Gasteiger partial charge >= 0.3 is 0 Å². The highest BCUT2D eigenvalue weighted by atomic mass is 35.5. The number of anilines is 1. The summed E-state index contributed by atoms with van der Waals surface area (Å²) in [5.41, 5.74) is 0.598. The Morgan fingerprint density at radius 1 is 1.12 bits per heavy atom. The summed E-state index contributed by atoms with van der Waals surface area (Å²) in [6.45, 7) is 1.05. The van der Waals surface area contributed by atoms with E-state index in [1.165, 1.54) is 33.5 Å².